The predicted molar refractivity (Wildman–Crippen MR) is 168 cm³/mol. The number of nitrogens with one attached hydrogen (secondary N) is 1. The van der Waals surface area contributed by atoms with Crippen molar-refractivity contribution in [1.29, 1.82) is 0 Å². The first-order valence-corrected chi connectivity index (χ1v) is 15.5. The van der Waals surface area contributed by atoms with Crippen molar-refractivity contribution in [3.05, 3.63) is 65.9 Å². The van der Waals surface area contributed by atoms with Gasteiger partial charge in [-0.2, -0.15) is 9.97 Å². The number of hydrogen-bond donors (Lipinski definition) is 1. The van der Waals surface area contributed by atoms with Crippen LogP contribution >= 0.6 is 0 Å². The minimum absolute atomic E-state index is 0.0580. The van der Waals surface area contributed by atoms with Crippen LogP contribution in [0.2, 0.25) is 0 Å². The Kier molecular flexibility index (Phi) is 6.37. The quantitative estimate of drug-likeness (QED) is 0.239. The molecule has 4 fully saturated rings. The first-order chi connectivity index (χ1) is 21.3. The van der Waals surface area contributed by atoms with E-state index >= 15 is 4.39 Å². The molecule has 0 spiro atoms. The molecule has 4 saturated heterocycles. The summed E-state index contributed by atoms with van der Waals surface area (Å²) in [6, 6.07) is 9.61. The molecular weight excluding hydrogens is 558 g/mol. The van der Waals surface area contributed by atoms with Gasteiger partial charge in [-0.3, -0.25) is 9.88 Å². The number of hydrogen-bond acceptors (Lipinski definition) is 7. The second-order valence-electron chi connectivity index (χ2n) is 13.0. The summed E-state index contributed by atoms with van der Waals surface area (Å²) in [6.07, 6.45) is 12.5. The van der Waals surface area contributed by atoms with Gasteiger partial charge in [0.15, 0.2) is 5.82 Å². The molecule has 2 bridgehead atoms. The summed E-state index contributed by atoms with van der Waals surface area (Å²) >= 11 is 0. The lowest BCUT2D eigenvalue weighted by Crippen LogP contribution is -2.51. The number of halogens is 2. The van der Waals surface area contributed by atoms with Crippen molar-refractivity contribution in [2.24, 2.45) is 0 Å². The number of rotatable bonds is 5. The van der Waals surface area contributed by atoms with Crippen molar-refractivity contribution in [3.8, 4) is 29.6 Å². The highest BCUT2D eigenvalue weighted by atomic mass is 19.1. The standard InChI is InChI=1S/C35H34F2N6O/c1-4-25-28(36)11-8-22-6-5-7-26(29(22)25)31-30(37)32-27(15-38-31)33(42-17-23-9-10-24(18-42)39-23)41-34(40-32)44-19-35-13-12-21(3)43(35)16-20(2)14-35/h1,5-8,11,15,21,23-24,39H,2,9-10,12-14,16-19H2,3H3/t21-,23?,24?,35+/m1/s1. The Hall–Kier alpha value is -4.13. The van der Waals surface area contributed by atoms with Crippen LogP contribution in [0.5, 0.6) is 6.01 Å². The van der Waals surface area contributed by atoms with Crippen LogP contribution in [-0.4, -0.2) is 69.8 Å². The summed E-state index contributed by atoms with van der Waals surface area (Å²) in [5, 5.41) is 5.32. The van der Waals surface area contributed by atoms with Crippen molar-refractivity contribution in [2.75, 3.05) is 31.1 Å². The van der Waals surface area contributed by atoms with Gasteiger partial charge in [-0.1, -0.05) is 42.3 Å². The molecular formula is C35H34F2N6O. The fourth-order valence-corrected chi connectivity index (χ4v) is 8.10. The molecule has 0 saturated carbocycles. The van der Waals surface area contributed by atoms with Gasteiger partial charge < -0.3 is 15.0 Å². The van der Waals surface area contributed by atoms with Gasteiger partial charge >= 0.3 is 6.01 Å². The Morgan fingerprint density at radius 3 is 2.75 bits per heavy atom. The van der Waals surface area contributed by atoms with Gasteiger partial charge in [-0.05, 0) is 50.5 Å². The lowest BCUT2D eigenvalue weighted by Gasteiger charge is -2.35. The van der Waals surface area contributed by atoms with E-state index < -0.39 is 11.6 Å². The molecule has 2 aromatic heterocycles. The van der Waals surface area contributed by atoms with Gasteiger partial charge in [0.2, 0.25) is 0 Å². The van der Waals surface area contributed by atoms with E-state index in [-0.39, 0.29) is 28.3 Å². The maximum atomic E-state index is 16.8. The molecule has 4 aromatic rings. The summed E-state index contributed by atoms with van der Waals surface area (Å²) < 4.78 is 38.0. The summed E-state index contributed by atoms with van der Waals surface area (Å²) in [5.41, 5.74) is 1.73. The molecule has 2 unspecified atom stereocenters. The number of anilines is 1. The van der Waals surface area contributed by atoms with E-state index in [1.54, 1.807) is 24.4 Å². The van der Waals surface area contributed by atoms with Crippen molar-refractivity contribution >= 4 is 27.5 Å². The number of pyridine rings is 1. The van der Waals surface area contributed by atoms with Crippen molar-refractivity contribution in [1.82, 2.24) is 25.2 Å². The van der Waals surface area contributed by atoms with E-state index in [0.717, 1.165) is 51.7 Å². The van der Waals surface area contributed by atoms with E-state index in [1.165, 1.54) is 11.6 Å². The van der Waals surface area contributed by atoms with Gasteiger partial charge in [-0.15, -0.1) is 6.42 Å². The van der Waals surface area contributed by atoms with Crippen molar-refractivity contribution in [2.45, 2.75) is 62.7 Å². The van der Waals surface area contributed by atoms with E-state index in [0.29, 0.717) is 52.3 Å². The molecule has 0 amide bonds. The van der Waals surface area contributed by atoms with Crippen LogP contribution in [0.15, 0.2) is 48.7 Å². The van der Waals surface area contributed by atoms with Crippen LogP contribution in [-0.2, 0) is 0 Å². The highest BCUT2D eigenvalue weighted by Gasteiger charge is 2.49. The van der Waals surface area contributed by atoms with E-state index in [9.17, 15) is 4.39 Å². The van der Waals surface area contributed by atoms with Crippen LogP contribution in [0, 0.1) is 24.0 Å². The average molecular weight is 593 g/mol. The first-order valence-electron chi connectivity index (χ1n) is 15.5. The molecule has 0 aliphatic carbocycles. The zero-order chi connectivity index (χ0) is 30.2. The number of ether oxygens (including phenoxy) is 1. The van der Waals surface area contributed by atoms with Gasteiger partial charge in [0.05, 0.1) is 16.5 Å². The Balaban J connectivity index is 1.26. The Labute approximate surface area is 255 Å². The summed E-state index contributed by atoms with van der Waals surface area (Å²) in [7, 11) is 0. The molecule has 0 radical (unpaired) electrons. The zero-order valence-electron chi connectivity index (χ0n) is 24.7. The molecule has 44 heavy (non-hydrogen) atoms. The molecule has 7 nitrogen and oxygen atoms in total. The number of nitrogens with zero attached hydrogens (tertiary/aromatic N) is 5. The fraction of sp³-hybridized carbons (Fsp3) is 0.400. The Morgan fingerprint density at radius 2 is 1.95 bits per heavy atom. The second kappa shape index (κ2) is 10.2. The minimum atomic E-state index is -0.614. The van der Waals surface area contributed by atoms with Gasteiger partial charge in [0.25, 0.3) is 0 Å². The molecule has 224 valence electrons. The largest absolute Gasteiger partial charge is 0.461 e. The first kappa shape index (κ1) is 27.4. The minimum Gasteiger partial charge on any atom is -0.461 e. The average Bonchev–Trinajstić information content (AvgIpc) is 3.65. The number of aromatic nitrogens is 3. The molecule has 8 rings (SSSR count). The zero-order valence-corrected chi connectivity index (χ0v) is 24.7. The number of piperazine rings is 1. The highest BCUT2D eigenvalue weighted by Crippen LogP contribution is 2.44. The van der Waals surface area contributed by atoms with Crippen LogP contribution in [0.1, 0.15) is 44.6 Å². The van der Waals surface area contributed by atoms with Crippen molar-refractivity contribution < 1.29 is 13.5 Å². The van der Waals surface area contributed by atoms with Crippen LogP contribution in [0.4, 0.5) is 14.6 Å². The maximum Gasteiger partial charge on any atom is 0.319 e. The molecule has 9 heteroatoms. The fourth-order valence-electron chi connectivity index (χ4n) is 8.10. The number of terminal acetylenes is 1. The SMILES string of the molecule is C#Cc1c(F)ccc2cccc(-c3ncc4c(N5CC6CCC(C5)N6)nc(OC[C@@]56CC[C@@H](C)N5CC(=C)C6)nc4c3F)c12. The molecule has 4 aliphatic heterocycles. The molecule has 6 heterocycles. The van der Waals surface area contributed by atoms with Crippen LogP contribution in [0.25, 0.3) is 32.9 Å². The lowest BCUT2D eigenvalue weighted by atomic mass is 9.94. The van der Waals surface area contributed by atoms with Gasteiger partial charge in [0, 0.05) is 54.9 Å². The third-order valence-electron chi connectivity index (χ3n) is 10.2. The highest BCUT2D eigenvalue weighted by molar-refractivity contribution is 6.02. The van der Waals surface area contributed by atoms with Crippen LogP contribution in [0.3, 0.4) is 0 Å². The lowest BCUT2D eigenvalue weighted by molar-refractivity contribution is 0.0889. The van der Waals surface area contributed by atoms with Gasteiger partial charge in [-0.25, -0.2) is 8.78 Å². The van der Waals surface area contributed by atoms with Crippen molar-refractivity contribution in [3.63, 3.8) is 0 Å². The normalized spacial score (nSPS) is 26.5. The Bertz CT molecular complexity index is 1880. The smallest absolute Gasteiger partial charge is 0.319 e. The summed E-state index contributed by atoms with van der Waals surface area (Å²) in [6.45, 7) is 9.30. The monoisotopic (exact) mass is 592 g/mol. The third kappa shape index (κ3) is 4.26. The molecule has 4 atom stereocenters. The number of benzene rings is 2. The summed E-state index contributed by atoms with van der Waals surface area (Å²) in [4.78, 5) is 18.9. The molecule has 2 aromatic carbocycles. The van der Waals surface area contributed by atoms with E-state index in [2.05, 4.69) is 44.5 Å². The predicted octanol–water partition coefficient (Wildman–Crippen LogP) is 5.61. The van der Waals surface area contributed by atoms with E-state index in [1.807, 2.05) is 6.07 Å². The van der Waals surface area contributed by atoms with E-state index in [4.69, 9.17) is 16.1 Å². The molecule has 1 N–H and O–H groups in total. The summed E-state index contributed by atoms with van der Waals surface area (Å²) in [5.74, 6) is 1.93. The second-order valence-corrected chi connectivity index (χ2v) is 13.0. The number of fused-ring (bicyclic) bond motifs is 5. The third-order valence-corrected chi connectivity index (χ3v) is 10.2. The van der Waals surface area contributed by atoms with Crippen LogP contribution < -0.4 is 15.0 Å². The van der Waals surface area contributed by atoms with Gasteiger partial charge in [0.1, 0.15) is 29.5 Å². The maximum absolute atomic E-state index is 16.8. The Morgan fingerprint density at radius 1 is 1.14 bits per heavy atom. The molecule has 4 aliphatic rings. The topological polar surface area (TPSA) is 66.4 Å².